The summed E-state index contributed by atoms with van der Waals surface area (Å²) < 4.78 is 39.0. The van der Waals surface area contributed by atoms with E-state index in [1.54, 1.807) is 6.07 Å². The molecule has 0 aliphatic carbocycles. The predicted molar refractivity (Wildman–Crippen MR) is 49.3 cm³/mol. The summed E-state index contributed by atoms with van der Waals surface area (Å²) in [6, 6.07) is 5.56. The normalized spacial score (nSPS) is 14.1. The second kappa shape index (κ2) is 4.19. The van der Waals surface area contributed by atoms with Crippen molar-refractivity contribution < 1.29 is 13.2 Å². The molecule has 0 bridgehead atoms. The molecule has 0 saturated heterocycles. The van der Waals surface area contributed by atoms with Gasteiger partial charge in [0.1, 0.15) is 0 Å². The van der Waals surface area contributed by atoms with Gasteiger partial charge < -0.3 is 5.73 Å². The van der Waals surface area contributed by atoms with Gasteiger partial charge in [0.2, 0.25) is 0 Å². The molecule has 0 saturated carbocycles. The first-order valence-electron chi connectivity index (χ1n) is 3.95. The van der Waals surface area contributed by atoms with Crippen molar-refractivity contribution in [3.05, 3.63) is 34.9 Å². The fraction of sp³-hybridized carbons (Fsp3) is 0.333. The van der Waals surface area contributed by atoms with Crippen LogP contribution < -0.4 is 5.73 Å². The zero-order valence-corrected chi connectivity index (χ0v) is 7.94. The fourth-order valence-corrected chi connectivity index (χ4v) is 1.24. The zero-order valence-electron chi connectivity index (χ0n) is 7.18. The molecular weight excluding hydrogens is 215 g/mol. The van der Waals surface area contributed by atoms with Crippen molar-refractivity contribution in [3.8, 4) is 0 Å². The molecule has 0 fully saturated rings. The van der Waals surface area contributed by atoms with Gasteiger partial charge in [-0.15, -0.1) is 0 Å². The third-order valence-corrected chi connectivity index (χ3v) is 2.17. The van der Waals surface area contributed by atoms with E-state index in [-0.39, 0.29) is 10.6 Å². The summed E-state index contributed by atoms with van der Waals surface area (Å²) in [6.45, 7) is -1.04. The van der Waals surface area contributed by atoms with Gasteiger partial charge in [0.25, 0.3) is 5.92 Å². The minimum absolute atomic E-state index is 0.0203. The summed E-state index contributed by atoms with van der Waals surface area (Å²) in [5.41, 5.74) is 4.53. The van der Waals surface area contributed by atoms with E-state index in [1.165, 1.54) is 18.2 Å². The lowest BCUT2D eigenvalue weighted by Gasteiger charge is -2.19. The molecule has 0 radical (unpaired) electrons. The number of alkyl halides is 3. The highest BCUT2D eigenvalue weighted by atomic mass is 35.5. The highest BCUT2D eigenvalue weighted by Gasteiger charge is 2.40. The van der Waals surface area contributed by atoms with Crippen molar-refractivity contribution in [2.75, 3.05) is 6.54 Å². The van der Waals surface area contributed by atoms with Gasteiger partial charge in [-0.3, -0.25) is 0 Å². The molecule has 5 heteroatoms. The molecule has 1 unspecified atom stereocenters. The van der Waals surface area contributed by atoms with Gasteiger partial charge in [-0.1, -0.05) is 29.8 Å². The minimum atomic E-state index is -3.58. The average Bonchev–Trinajstić information content (AvgIpc) is 2.17. The molecule has 78 valence electrons. The molecule has 1 aromatic carbocycles. The standard InChI is InChI=1S/C9H9ClF3N/c10-7-4-2-1-3-6(7)8(11)9(12,13)5-14/h1-4,8H,5,14H2. The average molecular weight is 224 g/mol. The Kier molecular flexibility index (Phi) is 3.39. The summed E-state index contributed by atoms with van der Waals surface area (Å²) in [7, 11) is 0. The van der Waals surface area contributed by atoms with Crippen LogP contribution in [0.2, 0.25) is 5.02 Å². The summed E-state index contributed by atoms with van der Waals surface area (Å²) in [4.78, 5) is 0. The van der Waals surface area contributed by atoms with Crippen molar-refractivity contribution >= 4 is 11.6 Å². The second-order valence-corrected chi connectivity index (χ2v) is 3.26. The Balaban J connectivity index is 3.00. The van der Waals surface area contributed by atoms with Gasteiger partial charge in [-0.2, -0.15) is 0 Å². The number of rotatable bonds is 3. The van der Waals surface area contributed by atoms with E-state index >= 15 is 0 Å². The third kappa shape index (κ3) is 2.19. The number of halogens is 4. The molecule has 0 spiro atoms. The summed E-state index contributed by atoms with van der Waals surface area (Å²) >= 11 is 5.57. The van der Waals surface area contributed by atoms with Crippen LogP contribution in [0.15, 0.2) is 24.3 Å². The van der Waals surface area contributed by atoms with Crippen LogP contribution in [0.5, 0.6) is 0 Å². The van der Waals surface area contributed by atoms with Crippen molar-refractivity contribution in [1.29, 1.82) is 0 Å². The van der Waals surface area contributed by atoms with Crippen molar-refractivity contribution in [3.63, 3.8) is 0 Å². The van der Waals surface area contributed by atoms with Crippen LogP contribution in [0.25, 0.3) is 0 Å². The van der Waals surface area contributed by atoms with E-state index in [0.717, 1.165) is 0 Å². The molecule has 2 N–H and O–H groups in total. The second-order valence-electron chi connectivity index (χ2n) is 2.85. The Hall–Kier alpha value is -0.740. The van der Waals surface area contributed by atoms with Gasteiger partial charge >= 0.3 is 0 Å². The maximum atomic E-state index is 13.3. The molecular formula is C9H9ClF3N. The monoisotopic (exact) mass is 223 g/mol. The maximum Gasteiger partial charge on any atom is 0.294 e. The Labute approximate surface area is 84.7 Å². The van der Waals surface area contributed by atoms with Gasteiger partial charge in [0.05, 0.1) is 6.54 Å². The van der Waals surface area contributed by atoms with Crippen molar-refractivity contribution in [2.45, 2.75) is 12.1 Å². The minimum Gasteiger partial charge on any atom is -0.325 e. The van der Waals surface area contributed by atoms with E-state index in [4.69, 9.17) is 17.3 Å². The molecule has 0 aromatic heterocycles. The highest BCUT2D eigenvalue weighted by molar-refractivity contribution is 6.31. The van der Waals surface area contributed by atoms with Gasteiger partial charge in [-0.25, -0.2) is 13.2 Å². The molecule has 0 heterocycles. The van der Waals surface area contributed by atoms with Crippen LogP contribution in [0.1, 0.15) is 11.7 Å². The lowest BCUT2D eigenvalue weighted by atomic mass is 10.1. The maximum absolute atomic E-state index is 13.3. The molecule has 0 amide bonds. The molecule has 1 nitrogen and oxygen atoms in total. The summed E-state index contributed by atoms with van der Waals surface area (Å²) in [5.74, 6) is -3.58. The number of nitrogens with two attached hydrogens (primary N) is 1. The van der Waals surface area contributed by atoms with Crippen molar-refractivity contribution in [2.24, 2.45) is 5.73 Å². The van der Waals surface area contributed by atoms with Gasteiger partial charge in [-0.05, 0) is 6.07 Å². The van der Waals surface area contributed by atoms with E-state index in [1.807, 2.05) is 0 Å². The third-order valence-electron chi connectivity index (χ3n) is 1.82. The first-order valence-corrected chi connectivity index (χ1v) is 4.33. The summed E-state index contributed by atoms with van der Waals surface area (Å²) in [5, 5.41) is -0.0203. The molecule has 14 heavy (non-hydrogen) atoms. The quantitative estimate of drug-likeness (QED) is 0.838. The Morgan fingerprint density at radius 1 is 1.36 bits per heavy atom. The van der Waals surface area contributed by atoms with Crippen LogP contribution in [0.4, 0.5) is 13.2 Å². The Morgan fingerprint density at radius 3 is 2.43 bits per heavy atom. The van der Waals surface area contributed by atoms with Crippen LogP contribution in [-0.4, -0.2) is 12.5 Å². The number of hydrogen-bond acceptors (Lipinski definition) is 1. The van der Waals surface area contributed by atoms with Gasteiger partial charge in [0.15, 0.2) is 6.17 Å². The number of hydrogen-bond donors (Lipinski definition) is 1. The van der Waals surface area contributed by atoms with E-state index < -0.39 is 18.6 Å². The topological polar surface area (TPSA) is 26.0 Å². The fourth-order valence-electron chi connectivity index (χ4n) is 1.01. The number of benzene rings is 1. The molecule has 0 aliphatic rings. The Morgan fingerprint density at radius 2 is 1.93 bits per heavy atom. The predicted octanol–water partition coefficient (Wildman–Crippen LogP) is 2.94. The summed E-state index contributed by atoms with van der Waals surface area (Å²) in [6.07, 6.45) is -2.46. The van der Waals surface area contributed by atoms with E-state index in [9.17, 15) is 13.2 Å². The van der Waals surface area contributed by atoms with Crippen LogP contribution in [0, 0.1) is 0 Å². The molecule has 1 atom stereocenters. The molecule has 1 rings (SSSR count). The smallest absolute Gasteiger partial charge is 0.294 e. The molecule has 0 aliphatic heterocycles. The zero-order chi connectivity index (χ0) is 10.8. The highest BCUT2D eigenvalue weighted by Crippen LogP contribution is 2.37. The van der Waals surface area contributed by atoms with E-state index in [0.29, 0.717) is 0 Å². The SMILES string of the molecule is NCC(F)(F)C(F)c1ccccc1Cl. The van der Waals surface area contributed by atoms with Crippen molar-refractivity contribution in [1.82, 2.24) is 0 Å². The lowest BCUT2D eigenvalue weighted by Crippen LogP contribution is -2.32. The largest absolute Gasteiger partial charge is 0.325 e. The first-order chi connectivity index (χ1) is 6.49. The van der Waals surface area contributed by atoms with Crippen LogP contribution >= 0.6 is 11.6 Å². The Bertz CT molecular complexity index is 317. The van der Waals surface area contributed by atoms with Crippen LogP contribution in [-0.2, 0) is 0 Å². The van der Waals surface area contributed by atoms with Gasteiger partial charge in [0, 0.05) is 10.6 Å². The first kappa shape index (κ1) is 11.3. The lowest BCUT2D eigenvalue weighted by molar-refractivity contribution is -0.0650. The van der Waals surface area contributed by atoms with Crippen LogP contribution in [0.3, 0.4) is 0 Å². The van der Waals surface area contributed by atoms with E-state index in [2.05, 4.69) is 0 Å². The molecule has 1 aromatic rings.